The van der Waals surface area contributed by atoms with Crippen molar-refractivity contribution in [3.05, 3.63) is 17.5 Å². The largest absolute Gasteiger partial charge is 0.310 e. The fourth-order valence-electron chi connectivity index (χ4n) is 3.17. The second-order valence-corrected chi connectivity index (χ2v) is 6.25. The van der Waals surface area contributed by atoms with Crippen molar-refractivity contribution in [2.24, 2.45) is 13.0 Å². The van der Waals surface area contributed by atoms with Crippen LogP contribution in [-0.4, -0.2) is 40.4 Å². The maximum absolute atomic E-state index is 4.31. The van der Waals surface area contributed by atoms with Crippen LogP contribution in [0.5, 0.6) is 0 Å². The lowest BCUT2D eigenvalue weighted by atomic mass is 9.91. The summed E-state index contributed by atoms with van der Waals surface area (Å²) in [7, 11) is 2.01. The lowest BCUT2D eigenvalue weighted by Crippen LogP contribution is -2.44. The number of nitrogens with one attached hydrogen (secondary N) is 1. The van der Waals surface area contributed by atoms with E-state index in [0.29, 0.717) is 6.04 Å². The van der Waals surface area contributed by atoms with Gasteiger partial charge < -0.3 is 10.2 Å². The first-order chi connectivity index (χ1) is 9.61. The molecule has 0 radical (unpaired) electrons. The van der Waals surface area contributed by atoms with E-state index in [1.54, 1.807) is 0 Å². The average Bonchev–Trinajstić information content (AvgIpc) is 2.77. The van der Waals surface area contributed by atoms with Crippen molar-refractivity contribution in [2.45, 2.75) is 52.6 Å². The summed E-state index contributed by atoms with van der Waals surface area (Å²) in [5.74, 6) is 0.785. The molecule has 0 bridgehead atoms. The number of hydrogen-bond acceptors (Lipinski definition) is 3. The summed E-state index contributed by atoms with van der Waals surface area (Å²) in [5, 5.41) is 8.02. The van der Waals surface area contributed by atoms with Crippen LogP contribution in [0.25, 0.3) is 0 Å². The van der Waals surface area contributed by atoms with E-state index >= 15 is 0 Å². The highest BCUT2D eigenvalue weighted by atomic mass is 15.3. The van der Waals surface area contributed by atoms with Crippen molar-refractivity contribution >= 4 is 0 Å². The summed E-state index contributed by atoms with van der Waals surface area (Å²) in [5.41, 5.74) is 2.58. The van der Waals surface area contributed by atoms with Crippen molar-refractivity contribution < 1.29 is 0 Å². The Balaban J connectivity index is 1.82. The van der Waals surface area contributed by atoms with Gasteiger partial charge in [0.2, 0.25) is 0 Å². The number of nitrogens with zero attached hydrogens (tertiary/aromatic N) is 3. The topological polar surface area (TPSA) is 33.1 Å². The van der Waals surface area contributed by atoms with Crippen molar-refractivity contribution in [1.82, 2.24) is 20.0 Å². The molecule has 1 aromatic heterocycles. The Labute approximate surface area is 123 Å². The molecule has 0 amide bonds. The summed E-state index contributed by atoms with van der Waals surface area (Å²) in [6.45, 7) is 11.5. The summed E-state index contributed by atoms with van der Waals surface area (Å²) in [6.07, 6.45) is 5.96. The molecule has 2 unspecified atom stereocenters. The minimum absolute atomic E-state index is 0.578. The predicted octanol–water partition coefficient (Wildman–Crippen LogP) is 2.33. The Bertz CT molecular complexity index is 411. The molecule has 2 atom stereocenters. The van der Waals surface area contributed by atoms with Gasteiger partial charge in [0.1, 0.15) is 0 Å². The first-order valence-corrected chi connectivity index (χ1v) is 8.05. The van der Waals surface area contributed by atoms with Crippen LogP contribution in [0, 0.1) is 12.8 Å². The molecule has 0 aromatic carbocycles. The van der Waals surface area contributed by atoms with Gasteiger partial charge >= 0.3 is 0 Å². The van der Waals surface area contributed by atoms with Crippen LogP contribution in [0.3, 0.4) is 0 Å². The molecular weight excluding hydrogens is 248 g/mol. The second kappa shape index (κ2) is 7.23. The van der Waals surface area contributed by atoms with E-state index < -0.39 is 0 Å². The van der Waals surface area contributed by atoms with Crippen LogP contribution in [0.2, 0.25) is 0 Å². The lowest BCUT2D eigenvalue weighted by molar-refractivity contribution is 0.150. The third-order valence-corrected chi connectivity index (χ3v) is 4.74. The molecule has 1 N–H and O–H groups in total. The Hall–Kier alpha value is -0.870. The van der Waals surface area contributed by atoms with E-state index in [4.69, 9.17) is 0 Å². The number of piperidine rings is 1. The highest BCUT2D eigenvalue weighted by Crippen LogP contribution is 2.20. The van der Waals surface area contributed by atoms with Crippen LogP contribution < -0.4 is 5.32 Å². The number of hydrogen-bond donors (Lipinski definition) is 1. The molecule has 114 valence electrons. The van der Waals surface area contributed by atoms with Gasteiger partial charge in [-0.1, -0.05) is 6.92 Å². The monoisotopic (exact) mass is 278 g/mol. The van der Waals surface area contributed by atoms with Crippen LogP contribution in [0.4, 0.5) is 0 Å². The maximum Gasteiger partial charge on any atom is 0.0537 e. The van der Waals surface area contributed by atoms with Gasteiger partial charge in [0.25, 0.3) is 0 Å². The lowest BCUT2D eigenvalue weighted by Gasteiger charge is -2.36. The average molecular weight is 278 g/mol. The molecule has 0 spiro atoms. The Kier molecular flexibility index (Phi) is 5.61. The Morgan fingerprint density at radius 1 is 1.50 bits per heavy atom. The Morgan fingerprint density at radius 2 is 2.30 bits per heavy atom. The fourth-order valence-corrected chi connectivity index (χ4v) is 3.17. The minimum atomic E-state index is 0.578. The van der Waals surface area contributed by atoms with Crippen molar-refractivity contribution in [3.63, 3.8) is 0 Å². The smallest absolute Gasteiger partial charge is 0.0537 e. The molecule has 4 heteroatoms. The highest BCUT2D eigenvalue weighted by Gasteiger charge is 2.24. The first kappa shape index (κ1) is 15.5. The van der Waals surface area contributed by atoms with Crippen LogP contribution in [-0.2, 0) is 13.6 Å². The van der Waals surface area contributed by atoms with E-state index in [0.717, 1.165) is 12.5 Å². The summed E-state index contributed by atoms with van der Waals surface area (Å²) < 4.78 is 1.95. The number of likely N-dealkylation sites (tertiary alicyclic amines) is 1. The van der Waals surface area contributed by atoms with E-state index in [1.807, 2.05) is 17.9 Å². The summed E-state index contributed by atoms with van der Waals surface area (Å²) in [4.78, 5) is 2.63. The van der Waals surface area contributed by atoms with Crippen LogP contribution in [0.1, 0.15) is 44.4 Å². The molecule has 4 nitrogen and oxygen atoms in total. The summed E-state index contributed by atoms with van der Waals surface area (Å²) >= 11 is 0. The molecule has 20 heavy (non-hydrogen) atoms. The molecule has 2 heterocycles. The van der Waals surface area contributed by atoms with Crippen LogP contribution in [0.15, 0.2) is 6.20 Å². The fraction of sp³-hybridized carbons (Fsp3) is 0.812. The zero-order chi connectivity index (χ0) is 14.5. The molecular formula is C16H30N4. The van der Waals surface area contributed by atoms with Gasteiger partial charge in [-0.15, -0.1) is 0 Å². The minimum Gasteiger partial charge on any atom is -0.310 e. The van der Waals surface area contributed by atoms with Gasteiger partial charge in [0.05, 0.1) is 6.20 Å². The molecule has 1 fully saturated rings. The number of rotatable bonds is 6. The van der Waals surface area contributed by atoms with Crippen molar-refractivity contribution in [1.29, 1.82) is 0 Å². The Morgan fingerprint density at radius 3 is 2.95 bits per heavy atom. The van der Waals surface area contributed by atoms with Gasteiger partial charge in [0.15, 0.2) is 0 Å². The van der Waals surface area contributed by atoms with E-state index in [1.165, 1.54) is 50.2 Å². The number of aryl methyl sites for hydroxylation is 1. The molecule has 1 aromatic rings. The molecule has 0 saturated carbocycles. The predicted molar refractivity (Wildman–Crippen MR) is 83.7 cm³/mol. The molecule has 0 aliphatic carbocycles. The van der Waals surface area contributed by atoms with Crippen molar-refractivity contribution in [3.8, 4) is 0 Å². The van der Waals surface area contributed by atoms with Gasteiger partial charge in [-0.2, -0.15) is 5.10 Å². The molecule has 2 rings (SSSR count). The van der Waals surface area contributed by atoms with E-state index in [2.05, 4.69) is 36.1 Å². The zero-order valence-corrected chi connectivity index (χ0v) is 13.5. The maximum atomic E-state index is 4.31. The van der Waals surface area contributed by atoms with Gasteiger partial charge in [0, 0.05) is 37.4 Å². The van der Waals surface area contributed by atoms with E-state index in [9.17, 15) is 0 Å². The zero-order valence-electron chi connectivity index (χ0n) is 13.5. The first-order valence-electron chi connectivity index (χ1n) is 8.05. The van der Waals surface area contributed by atoms with Crippen LogP contribution >= 0.6 is 0 Å². The second-order valence-electron chi connectivity index (χ2n) is 6.25. The molecule has 1 saturated heterocycles. The quantitative estimate of drug-likeness (QED) is 0.867. The van der Waals surface area contributed by atoms with Gasteiger partial charge in [-0.05, 0) is 52.1 Å². The SMILES string of the molecule is CCCN1CCCC(C(C)NCc2cnn(C)c2C)C1. The standard InChI is InChI=1S/C16H30N4/c1-5-8-20-9-6-7-15(12-20)13(2)17-10-16-11-18-19(4)14(16)3/h11,13,15,17H,5-10,12H2,1-4H3. The van der Waals surface area contributed by atoms with Gasteiger partial charge in [-0.3, -0.25) is 4.68 Å². The molecule has 1 aliphatic heterocycles. The van der Waals surface area contributed by atoms with E-state index in [-0.39, 0.29) is 0 Å². The normalized spacial score (nSPS) is 22.1. The molecule has 1 aliphatic rings. The number of aromatic nitrogens is 2. The van der Waals surface area contributed by atoms with Gasteiger partial charge in [-0.25, -0.2) is 0 Å². The highest BCUT2D eigenvalue weighted by molar-refractivity contribution is 5.15. The summed E-state index contributed by atoms with van der Waals surface area (Å²) in [6, 6.07) is 0.578. The third-order valence-electron chi connectivity index (χ3n) is 4.74. The van der Waals surface area contributed by atoms with Crippen molar-refractivity contribution in [2.75, 3.05) is 19.6 Å². The third kappa shape index (κ3) is 3.83.